The second kappa shape index (κ2) is 11.7. The van der Waals surface area contributed by atoms with Crippen LogP contribution in [-0.2, 0) is 11.3 Å². The first-order valence-corrected chi connectivity index (χ1v) is 11.8. The highest BCUT2D eigenvalue weighted by Gasteiger charge is 2.27. The van der Waals surface area contributed by atoms with Gasteiger partial charge in [0.15, 0.2) is 11.5 Å². The number of hydrogen-bond donors (Lipinski definition) is 1. The predicted molar refractivity (Wildman–Crippen MR) is 131 cm³/mol. The maximum atomic E-state index is 12.7. The van der Waals surface area contributed by atoms with Crippen molar-refractivity contribution in [1.29, 1.82) is 0 Å². The summed E-state index contributed by atoms with van der Waals surface area (Å²) < 4.78 is 21.8. The number of hydrogen-bond acceptors (Lipinski definition) is 8. The topological polar surface area (TPSA) is 99.0 Å². The van der Waals surface area contributed by atoms with Gasteiger partial charge in [-0.05, 0) is 56.6 Å². The van der Waals surface area contributed by atoms with E-state index in [9.17, 15) is 4.79 Å². The number of aryl methyl sites for hydroxylation is 1. The van der Waals surface area contributed by atoms with E-state index in [1.165, 1.54) is 5.56 Å². The zero-order valence-electron chi connectivity index (χ0n) is 20.5. The molecule has 2 aromatic carbocycles. The van der Waals surface area contributed by atoms with Crippen LogP contribution in [0.5, 0.6) is 17.2 Å². The summed E-state index contributed by atoms with van der Waals surface area (Å²) in [4.78, 5) is 19.4. The second-order valence-electron chi connectivity index (χ2n) is 8.61. The van der Waals surface area contributed by atoms with Crippen molar-refractivity contribution in [2.45, 2.75) is 26.3 Å². The number of benzene rings is 2. The first-order valence-electron chi connectivity index (χ1n) is 11.8. The number of ether oxygens (including phenoxy) is 3. The minimum Gasteiger partial charge on any atom is -0.493 e. The van der Waals surface area contributed by atoms with Crippen molar-refractivity contribution in [3.8, 4) is 28.6 Å². The average Bonchev–Trinajstić information content (AvgIpc) is 3.35. The Labute approximate surface area is 205 Å². The van der Waals surface area contributed by atoms with Crippen molar-refractivity contribution in [1.82, 2.24) is 20.4 Å². The Kier molecular flexibility index (Phi) is 8.20. The number of amides is 1. The van der Waals surface area contributed by atoms with E-state index in [1.54, 1.807) is 14.2 Å². The van der Waals surface area contributed by atoms with Gasteiger partial charge in [-0.1, -0.05) is 22.9 Å². The molecular weight excluding hydrogens is 448 g/mol. The van der Waals surface area contributed by atoms with E-state index in [0.29, 0.717) is 49.5 Å². The number of carbonyl (C=O) groups is 1. The Morgan fingerprint density at radius 3 is 2.71 bits per heavy atom. The highest BCUT2D eigenvalue weighted by Crippen LogP contribution is 2.31. The van der Waals surface area contributed by atoms with Crippen LogP contribution in [0.3, 0.4) is 0 Å². The Balaban J connectivity index is 1.26. The molecule has 1 saturated heterocycles. The van der Waals surface area contributed by atoms with Crippen LogP contribution >= 0.6 is 0 Å². The summed E-state index contributed by atoms with van der Waals surface area (Å²) in [5.74, 6) is 3.03. The summed E-state index contributed by atoms with van der Waals surface area (Å²) in [6.07, 6.45) is 1.80. The molecule has 1 unspecified atom stereocenters. The molecule has 1 amide bonds. The van der Waals surface area contributed by atoms with Gasteiger partial charge < -0.3 is 24.1 Å². The number of likely N-dealkylation sites (tertiary alicyclic amines) is 1. The fraction of sp³-hybridized carbons (Fsp3) is 0.423. The lowest BCUT2D eigenvalue weighted by molar-refractivity contribution is -0.126. The molecule has 35 heavy (non-hydrogen) atoms. The molecule has 9 heteroatoms. The molecule has 1 aliphatic rings. The molecule has 9 nitrogen and oxygen atoms in total. The number of rotatable bonds is 10. The first-order chi connectivity index (χ1) is 17.1. The van der Waals surface area contributed by atoms with Crippen LogP contribution in [-0.4, -0.2) is 61.4 Å². The number of piperidine rings is 1. The monoisotopic (exact) mass is 480 g/mol. The lowest BCUT2D eigenvalue weighted by atomic mass is 9.97. The molecule has 4 rings (SSSR count). The Morgan fingerprint density at radius 2 is 1.94 bits per heavy atom. The van der Waals surface area contributed by atoms with Crippen LogP contribution in [0.25, 0.3) is 11.4 Å². The summed E-state index contributed by atoms with van der Waals surface area (Å²) in [7, 11) is 3.18. The molecule has 3 aromatic rings. The molecule has 0 spiro atoms. The van der Waals surface area contributed by atoms with Gasteiger partial charge in [0, 0.05) is 12.1 Å². The Morgan fingerprint density at radius 1 is 1.14 bits per heavy atom. The van der Waals surface area contributed by atoms with Crippen LogP contribution < -0.4 is 19.5 Å². The van der Waals surface area contributed by atoms with Gasteiger partial charge in [0.05, 0.1) is 33.2 Å². The van der Waals surface area contributed by atoms with E-state index in [2.05, 4.69) is 20.4 Å². The van der Waals surface area contributed by atoms with E-state index in [1.807, 2.05) is 49.4 Å². The summed E-state index contributed by atoms with van der Waals surface area (Å²) in [6.45, 7) is 4.98. The van der Waals surface area contributed by atoms with E-state index >= 15 is 0 Å². The van der Waals surface area contributed by atoms with E-state index in [4.69, 9.17) is 18.7 Å². The third-order valence-electron chi connectivity index (χ3n) is 6.04. The lowest BCUT2D eigenvalue weighted by Gasteiger charge is -2.30. The zero-order valence-corrected chi connectivity index (χ0v) is 20.5. The molecule has 0 bridgehead atoms. The van der Waals surface area contributed by atoms with E-state index in [-0.39, 0.29) is 11.8 Å². The van der Waals surface area contributed by atoms with Gasteiger partial charge in [-0.25, -0.2) is 0 Å². The summed E-state index contributed by atoms with van der Waals surface area (Å²) in [5.41, 5.74) is 1.96. The van der Waals surface area contributed by atoms with Crippen LogP contribution in [0.15, 0.2) is 47.0 Å². The Bertz CT molecular complexity index is 1120. The fourth-order valence-electron chi connectivity index (χ4n) is 4.14. The normalized spacial score (nSPS) is 16.0. The third-order valence-corrected chi connectivity index (χ3v) is 6.04. The third kappa shape index (κ3) is 6.51. The van der Waals surface area contributed by atoms with Gasteiger partial charge in [-0.15, -0.1) is 0 Å². The number of aromatic nitrogens is 2. The van der Waals surface area contributed by atoms with Gasteiger partial charge in [0.25, 0.3) is 0 Å². The van der Waals surface area contributed by atoms with Gasteiger partial charge >= 0.3 is 0 Å². The summed E-state index contributed by atoms with van der Waals surface area (Å²) in [5, 5.41) is 7.11. The predicted octanol–water partition coefficient (Wildman–Crippen LogP) is 3.47. The minimum absolute atomic E-state index is 0.0544. The number of nitrogens with one attached hydrogen (secondary N) is 1. The van der Waals surface area contributed by atoms with Gasteiger partial charge in [0.1, 0.15) is 12.4 Å². The van der Waals surface area contributed by atoms with Gasteiger partial charge in [-0.3, -0.25) is 9.69 Å². The molecule has 0 saturated carbocycles. The minimum atomic E-state index is -0.0728. The molecule has 1 fully saturated rings. The number of carbonyl (C=O) groups excluding carboxylic acids is 1. The highest BCUT2D eigenvalue weighted by molar-refractivity contribution is 5.78. The van der Waals surface area contributed by atoms with Crippen molar-refractivity contribution >= 4 is 5.91 Å². The lowest BCUT2D eigenvalue weighted by Crippen LogP contribution is -2.43. The van der Waals surface area contributed by atoms with Crippen molar-refractivity contribution in [2.75, 3.05) is 40.5 Å². The molecule has 1 aliphatic heterocycles. The molecule has 1 N–H and O–H groups in total. The molecule has 186 valence electrons. The van der Waals surface area contributed by atoms with Crippen LogP contribution in [0.4, 0.5) is 0 Å². The Hall–Kier alpha value is -3.59. The molecule has 0 aliphatic carbocycles. The first kappa shape index (κ1) is 24.5. The highest BCUT2D eigenvalue weighted by atomic mass is 16.5. The van der Waals surface area contributed by atoms with Gasteiger partial charge in [0.2, 0.25) is 17.6 Å². The van der Waals surface area contributed by atoms with Crippen molar-refractivity contribution in [3.63, 3.8) is 0 Å². The second-order valence-corrected chi connectivity index (χ2v) is 8.61. The molecule has 1 aromatic heterocycles. The quantitative estimate of drug-likeness (QED) is 0.441. The maximum absolute atomic E-state index is 12.7. The summed E-state index contributed by atoms with van der Waals surface area (Å²) >= 11 is 0. The molecule has 2 heterocycles. The van der Waals surface area contributed by atoms with Gasteiger partial charge in [-0.2, -0.15) is 4.98 Å². The molecule has 0 radical (unpaired) electrons. The summed E-state index contributed by atoms with van der Waals surface area (Å²) in [6, 6.07) is 13.4. The number of nitrogens with zero attached hydrogens (tertiary/aromatic N) is 3. The SMILES string of the molecule is COc1ccc(-c2noc(CN3CCCC(C(=O)NCCOc4ccc(C)cc4)C3)n2)cc1OC. The van der Waals surface area contributed by atoms with Crippen LogP contribution in [0, 0.1) is 12.8 Å². The van der Waals surface area contributed by atoms with Crippen molar-refractivity contribution < 1.29 is 23.5 Å². The van der Waals surface area contributed by atoms with Crippen molar-refractivity contribution in [3.05, 3.63) is 53.9 Å². The van der Waals surface area contributed by atoms with Crippen molar-refractivity contribution in [2.24, 2.45) is 5.92 Å². The van der Waals surface area contributed by atoms with Crippen LogP contribution in [0.1, 0.15) is 24.3 Å². The zero-order chi connectivity index (χ0) is 24.6. The average molecular weight is 481 g/mol. The largest absolute Gasteiger partial charge is 0.493 e. The smallest absolute Gasteiger partial charge is 0.241 e. The van der Waals surface area contributed by atoms with E-state index < -0.39 is 0 Å². The standard InChI is InChI=1S/C26H32N4O5/c1-18-6-9-21(10-7-18)34-14-12-27-26(31)20-5-4-13-30(16-20)17-24-28-25(29-35-24)19-8-11-22(32-2)23(15-19)33-3/h6-11,15,20H,4-5,12-14,16-17H2,1-3H3,(H,27,31). The van der Waals surface area contributed by atoms with Crippen LogP contribution in [0.2, 0.25) is 0 Å². The fourth-order valence-corrected chi connectivity index (χ4v) is 4.14. The number of methoxy groups -OCH3 is 2. The van der Waals surface area contributed by atoms with E-state index in [0.717, 1.165) is 30.7 Å². The molecular formula is C26H32N4O5. The maximum Gasteiger partial charge on any atom is 0.241 e. The molecule has 1 atom stereocenters.